The van der Waals surface area contributed by atoms with Crippen molar-refractivity contribution in [3.05, 3.63) is 41.6 Å². The molecule has 1 aliphatic heterocycles. The number of nitriles is 1. The number of anilines is 3. The molecule has 214 valence electrons. The molecular weight excluding hydrogens is 525 g/mol. The lowest BCUT2D eigenvalue weighted by Gasteiger charge is -2.35. The van der Waals surface area contributed by atoms with Crippen molar-refractivity contribution in [2.45, 2.75) is 50.4 Å². The van der Waals surface area contributed by atoms with E-state index in [1.54, 1.807) is 36.2 Å². The molecule has 2 amide bonds. The van der Waals surface area contributed by atoms with Gasteiger partial charge in [0.25, 0.3) is 5.91 Å². The average Bonchev–Trinajstić information content (AvgIpc) is 3.40. The highest BCUT2D eigenvalue weighted by Gasteiger charge is 2.37. The quantitative estimate of drug-likeness (QED) is 0.420. The Hall–Kier alpha value is -3.92. The molecule has 0 bridgehead atoms. The van der Waals surface area contributed by atoms with Crippen LogP contribution in [0.2, 0.25) is 0 Å². The molecule has 4 rings (SSSR count). The highest BCUT2D eigenvalue weighted by Crippen LogP contribution is 2.36. The summed E-state index contributed by atoms with van der Waals surface area (Å²) in [5, 5.41) is 16.9. The fraction of sp³-hybridized carbons (Fsp3) is 0.519. The van der Waals surface area contributed by atoms with Gasteiger partial charge in [0.1, 0.15) is 17.9 Å². The first-order valence-corrected chi connectivity index (χ1v) is 13.2. The molecule has 1 aliphatic carbocycles. The number of carbonyl (C=O) groups excluding carboxylic acids is 2. The van der Waals surface area contributed by atoms with Crippen molar-refractivity contribution in [3.63, 3.8) is 0 Å². The number of halogens is 3. The lowest BCUT2D eigenvalue weighted by molar-refractivity contribution is -0.137. The van der Waals surface area contributed by atoms with Crippen molar-refractivity contribution in [1.29, 1.82) is 5.26 Å². The van der Waals surface area contributed by atoms with Crippen molar-refractivity contribution >= 4 is 29.3 Å². The molecule has 0 spiro atoms. The third kappa shape index (κ3) is 7.18. The van der Waals surface area contributed by atoms with E-state index in [0.29, 0.717) is 30.5 Å². The van der Waals surface area contributed by atoms with Crippen LogP contribution in [0.15, 0.2) is 30.5 Å². The minimum atomic E-state index is -4.68. The largest absolute Gasteiger partial charge is 0.421 e. The number of piperidine rings is 1. The van der Waals surface area contributed by atoms with Gasteiger partial charge in [-0.25, -0.2) is 4.98 Å². The van der Waals surface area contributed by atoms with Gasteiger partial charge in [-0.2, -0.15) is 23.4 Å². The molecule has 2 aromatic rings. The number of benzene rings is 1. The zero-order chi connectivity index (χ0) is 28.9. The minimum absolute atomic E-state index is 0.0423. The van der Waals surface area contributed by atoms with Crippen molar-refractivity contribution < 1.29 is 22.8 Å². The minimum Gasteiger partial charge on any atom is -0.367 e. The van der Waals surface area contributed by atoms with E-state index >= 15 is 0 Å². The summed E-state index contributed by atoms with van der Waals surface area (Å²) < 4.78 is 41.1. The first-order valence-electron chi connectivity index (χ1n) is 13.2. The second-order valence-electron chi connectivity index (χ2n) is 10.3. The number of carbonyl (C=O) groups is 2. The smallest absolute Gasteiger partial charge is 0.367 e. The number of likely N-dealkylation sites (tertiary alicyclic amines) is 1. The van der Waals surface area contributed by atoms with Crippen LogP contribution >= 0.6 is 0 Å². The Morgan fingerprint density at radius 3 is 2.50 bits per heavy atom. The summed E-state index contributed by atoms with van der Waals surface area (Å²) in [6, 6.07) is 8.26. The number of hydrogen-bond donors (Lipinski definition) is 3. The van der Waals surface area contributed by atoms with Crippen LogP contribution in [0.5, 0.6) is 0 Å². The number of aromatic nitrogens is 2. The summed E-state index contributed by atoms with van der Waals surface area (Å²) >= 11 is 0. The predicted molar refractivity (Wildman–Crippen MR) is 143 cm³/mol. The summed E-state index contributed by atoms with van der Waals surface area (Å²) in [5.41, 5.74) is 0.0184. The highest BCUT2D eigenvalue weighted by molar-refractivity contribution is 5.94. The van der Waals surface area contributed by atoms with Gasteiger partial charge >= 0.3 is 6.18 Å². The van der Waals surface area contributed by atoms with Crippen LogP contribution in [-0.4, -0.2) is 77.4 Å². The topological polar surface area (TPSA) is 126 Å². The first kappa shape index (κ1) is 29.1. The molecule has 0 radical (unpaired) electrons. The standard InChI is InChI=1S/C27H33F3N8O2/c1-37-13-9-21(10-14-37)38(2)25(40)17-3-6-19(7-4-17)35-26-33-16-22(27(28,29)30)23(36-26)34-20-8-5-18(15-20)24(39)32-12-11-31/h3-4,6-7,16,18,20-21H,5,8-10,12-15H2,1-2H3,(H,32,39)(H2,33,34,35,36)/t18-,20+/m0/s1. The zero-order valence-electron chi connectivity index (χ0n) is 22.5. The molecule has 1 saturated heterocycles. The first-order chi connectivity index (χ1) is 19.0. The number of nitrogens with one attached hydrogen (secondary N) is 3. The fourth-order valence-corrected chi connectivity index (χ4v) is 5.15. The highest BCUT2D eigenvalue weighted by atomic mass is 19.4. The summed E-state index contributed by atoms with van der Waals surface area (Å²) in [4.78, 5) is 37.1. The molecule has 1 saturated carbocycles. The monoisotopic (exact) mass is 558 g/mol. The molecule has 2 heterocycles. The average molecular weight is 559 g/mol. The number of amides is 2. The second-order valence-corrected chi connectivity index (χ2v) is 10.3. The van der Waals surface area contributed by atoms with Crippen LogP contribution in [0.1, 0.15) is 48.0 Å². The van der Waals surface area contributed by atoms with Crippen LogP contribution in [0.25, 0.3) is 0 Å². The number of rotatable bonds is 8. The van der Waals surface area contributed by atoms with Crippen molar-refractivity contribution in [2.24, 2.45) is 5.92 Å². The van der Waals surface area contributed by atoms with E-state index in [1.807, 2.05) is 6.07 Å². The van der Waals surface area contributed by atoms with Gasteiger partial charge in [0.05, 0.1) is 6.07 Å². The van der Waals surface area contributed by atoms with Crippen LogP contribution < -0.4 is 16.0 Å². The molecule has 2 fully saturated rings. The van der Waals surface area contributed by atoms with E-state index in [0.717, 1.165) is 32.1 Å². The molecule has 10 nitrogen and oxygen atoms in total. The van der Waals surface area contributed by atoms with Crippen LogP contribution in [-0.2, 0) is 11.0 Å². The van der Waals surface area contributed by atoms with Crippen LogP contribution in [0.3, 0.4) is 0 Å². The van der Waals surface area contributed by atoms with E-state index in [4.69, 9.17) is 5.26 Å². The van der Waals surface area contributed by atoms with Crippen molar-refractivity contribution in [2.75, 3.05) is 44.4 Å². The third-order valence-corrected chi connectivity index (χ3v) is 7.52. The Morgan fingerprint density at radius 2 is 1.85 bits per heavy atom. The Morgan fingerprint density at radius 1 is 1.15 bits per heavy atom. The molecule has 1 aromatic carbocycles. The van der Waals surface area contributed by atoms with E-state index in [9.17, 15) is 22.8 Å². The van der Waals surface area contributed by atoms with Gasteiger partial charge in [0.2, 0.25) is 11.9 Å². The maximum absolute atomic E-state index is 13.7. The van der Waals surface area contributed by atoms with Gasteiger partial charge in [-0.1, -0.05) is 0 Å². The normalized spacial score (nSPS) is 20.0. The molecule has 3 N–H and O–H groups in total. The molecule has 1 aromatic heterocycles. The van der Waals surface area contributed by atoms with E-state index < -0.39 is 17.8 Å². The van der Waals surface area contributed by atoms with Crippen LogP contribution in [0, 0.1) is 17.2 Å². The van der Waals surface area contributed by atoms with Crippen molar-refractivity contribution in [3.8, 4) is 6.07 Å². The Kier molecular flexibility index (Phi) is 9.09. The van der Waals surface area contributed by atoms with Crippen LogP contribution in [0.4, 0.5) is 30.6 Å². The lowest BCUT2D eigenvalue weighted by Crippen LogP contribution is -2.44. The number of alkyl halides is 3. The molecule has 13 heteroatoms. The SMILES string of the molecule is CN1CCC(N(C)C(=O)c2ccc(Nc3ncc(C(F)(F)F)c(N[C@@H]4CC[C@H](C(=O)NCC#N)C4)n3)cc2)CC1. The lowest BCUT2D eigenvalue weighted by atomic mass is 10.0. The van der Waals surface area contributed by atoms with E-state index in [1.165, 1.54) is 0 Å². The summed E-state index contributed by atoms with van der Waals surface area (Å²) in [7, 11) is 3.87. The fourth-order valence-electron chi connectivity index (χ4n) is 5.15. The van der Waals surface area contributed by atoms with Gasteiger partial charge in [-0.15, -0.1) is 0 Å². The van der Waals surface area contributed by atoms with Gasteiger partial charge < -0.3 is 25.8 Å². The Balaban J connectivity index is 1.42. The van der Waals surface area contributed by atoms with E-state index in [2.05, 4.69) is 37.9 Å². The predicted octanol–water partition coefficient (Wildman–Crippen LogP) is 3.63. The summed E-state index contributed by atoms with van der Waals surface area (Å²) in [5.74, 6) is -1.18. The van der Waals surface area contributed by atoms with Gasteiger partial charge in [0, 0.05) is 42.5 Å². The molecule has 40 heavy (non-hydrogen) atoms. The number of hydrogen-bond acceptors (Lipinski definition) is 8. The molecule has 0 unspecified atom stereocenters. The Labute approximate surface area is 231 Å². The molecule has 2 atom stereocenters. The molecule has 2 aliphatic rings. The maximum atomic E-state index is 13.7. The second kappa shape index (κ2) is 12.5. The van der Waals surface area contributed by atoms with Gasteiger partial charge in [-0.3, -0.25) is 9.59 Å². The van der Waals surface area contributed by atoms with Gasteiger partial charge in [0.15, 0.2) is 0 Å². The molecular formula is C27H33F3N8O2. The third-order valence-electron chi connectivity index (χ3n) is 7.52. The van der Waals surface area contributed by atoms with Crippen molar-refractivity contribution in [1.82, 2.24) is 25.1 Å². The van der Waals surface area contributed by atoms with Gasteiger partial charge in [-0.05, 0) is 76.5 Å². The van der Waals surface area contributed by atoms with E-state index in [-0.39, 0.29) is 42.1 Å². The summed E-state index contributed by atoms with van der Waals surface area (Å²) in [6.45, 7) is 1.76. The maximum Gasteiger partial charge on any atom is 0.421 e. The number of nitrogens with zero attached hydrogens (tertiary/aromatic N) is 5. The zero-order valence-corrected chi connectivity index (χ0v) is 22.5. The summed E-state index contributed by atoms with van der Waals surface area (Å²) in [6.07, 6.45) is -0.835. The Bertz CT molecular complexity index is 1240.